The van der Waals surface area contributed by atoms with Gasteiger partial charge in [-0.05, 0) is 157 Å². The van der Waals surface area contributed by atoms with Gasteiger partial charge in [0.25, 0.3) is 10.1 Å². The van der Waals surface area contributed by atoms with Gasteiger partial charge in [-0.2, -0.15) is 8.42 Å². The maximum absolute atomic E-state index is 12.9. The van der Waals surface area contributed by atoms with E-state index in [1.54, 1.807) is 30.6 Å². The van der Waals surface area contributed by atoms with Gasteiger partial charge in [0, 0.05) is 72.9 Å². The highest BCUT2D eigenvalue weighted by molar-refractivity contribution is 7.86. The number of aromatic nitrogens is 4. The number of pyridine rings is 2. The van der Waals surface area contributed by atoms with Crippen LogP contribution in [0.5, 0.6) is 0 Å². The number of rotatable bonds is 9. The van der Waals surface area contributed by atoms with Gasteiger partial charge in [0.2, 0.25) is 0 Å². The average Bonchev–Trinajstić information content (AvgIpc) is 3.86. The quantitative estimate of drug-likeness (QED) is 0.108. The van der Waals surface area contributed by atoms with E-state index in [1.807, 2.05) is 151 Å². The molecule has 0 aliphatic heterocycles. The first kappa shape index (κ1) is 50.0. The van der Waals surface area contributed by atoms with Crippen LogP contribution in [0.2, 0.25) is 0 Å². The van der Waals surface area contributed by atoms with Crippen molar-refractivity contribution in [1.82, 2.24) is 19.1 Å². The molecule has 3 aromatic carbocycles. The van der Waals surface area contributed by atoms with Crippen LogP contribution in [0.25, 0.3) is 22.1 Å². The molecule has 7 rings (SSSR count). The van der Waals surface area contributed by atoms with Crippen molar-refractivity contribution < 1.29 is 36.8 Å². The molecule has 0 saturated carbocycles. The average molecular weight is 937 g/mol. The number of benzene rings is 3. The van der Waals surface area contributed by atoms with Crippen molar-refractivity contribution in [3.8, 4) is 23.7 Å². The van der Waals surface area contributed by atoms with Crippen LogP contribution in [-0.4, -0.2) is 96.4 Å². The number of likely N-dealkylation sites (N-methyl/N-ethyl adjacent to an activating group) is 2. The number of fused-ring (bicyclic) bond motifs is 2. The van der Waals surface area contributed by atoms with Gasteiger partial charge in [0.1, 0.15) is 22.6 Å². The van der Waals surface area contributed by atoms with E-state index in [0.717, 1.165) is 38.8 Å². The molecular formula is C53H56N6O8S. The zero-order valence-electron chi connectivity index (χ0n) is 39.8. The molecule has 7 aromatic rings. The summed E-state index contributed by atoms with van der Waals surface area (Å²) in [6.45, 7) is 13.8. The van der Waals surface area contributed by atoms with E-state index in [4.69, 9.17) is 18.8 Å². The van der Waals surface area contributed by atoms with Gasteiger partial charge in [-0.3, -0.25) is 4.18 Å². The van der Waals surface area contributed by atoms with Gasteiger partial charge >= 0.3 is 12.2 Å². The molecule has 15 heteroatoms. The molecular weight excluding hydrogens is 881 g/mol. The molecule has 0 aliphatic carbocycles. The molecule has 0 bridgehead atoms. The third kappa shape index (κ3) is 13.4. The smallest absolute Gasteiger partial charge is 0.421 e. The number of aliphatic hydroxyl groups is 1. The van der Waals surface area contributed by atoms with E-state index in [1.165, 1.54) is 21.3 Å². The second-order valence-corrected chi connectivity index (χ2v) is 19.4. The Kier molecular flexibility index (Phi) is 15.8. The van der Waals surface area contributed by atoms with Crippen LogP contribution in [0.15, 0.2) is 126 Å². The second-order valence-electron chi connectivity index (χ2n) is 17.8. The minimum Gasteiger partial charge on any atom is -0.443 e. The van der Waals surface area contributed by atoms with Gasteiger partial charge in [0.05, 0.1) is 18.1 Å². The molecule has 0 fully saturated rings. The third-order valence-corrected chi connectivity index (χ3v) is 11.3. The first-order chi connectivity index (χ1) is 32.2. The van der Waals surface area contributed by atoms with Crippen molar-refractivity contribution in [1.29, 1.82) is 0 Å². The van der Waals surface area contributed by atoms with E-state index in [0.29, 0.717) is 35.8 Å². The Labute approximate surface area is 398 Å². The summed E-state index contributed by atoms with van der Waals surface area (Å²) >= 11 is 0. The number of ether oxygens (including phenoxy) is 2. The highest BCUT2D eigenvalue weighted by atomic mass is 32.2. The monoisotopic (exact) mass is 936 g/mol. The molecule has 68 heavy (non-hydrogen) atoms. The van der Waals surface area contributed by atoms with Crippen molar-refractivity contribution in [2.45, 2.75) is 64.6 Å². The van der Waals surface area contributed by atoms with Crippen LogP contribution in [0, 0.1) is 30.6 Å². The Morgan fingerprint density at radius 3 is 1.47 bits per heavy atom. The molecule has 4 aromatic heterocycles. The molecule has 0 unspecified atom stereocenters. The van der Waals surface area contributed by atoms with Crippen molar-refractivity contribution in [2.75, 3.05) is 50.2 Å². The number of aliphatic hydroxyl groups excluding tert-OH is 1. The number of nitrogens with zero attached hydrogens (tertiary/aromatic N) is 6. The molecule has 0 atom stereocenters. The van der Waals surface area contributed by atoms with Crippen LogP contribution < -0.4 is 9.80 Å². The largest absolute Gasteiger partial charge is 0.443 e. The van der Waals surface area contributed by atoms with Gasteiger partial charge in [-0.15, -0.1) is 0 Å². The number of hydrogen-bond donors (Lipinski definition) is 1. The predicted molar refractivity (Wildman–Crippen MR) is 266 cm³/mol. The van der Waals surface area contributed by atoms with Crippen molar-refractivity contribution >= 4 is 55.7 Å². The lowest BCUT2D eigenvalue weighted by molar-refractivity contribution is 0.0531. The zero-order chi connectivity index (χ0) is 49.2. The topological polar surface area (TPSA) is 158 Å². The van der Waals surface area contributed by atoms with Gasteiger partial charge in [-0.1, -0.05) is 29.5 Å². The Hall–Kier alpha value is -7.43. The lowest BCUT2D eigenvalue weighted by Gasteiger charge is -2.20. The highest BCUT2D eigenvalue weighted by Crippen LogP contribution is 2.23. The van der Waals surface area contributed by atoms with Crippen molar-refractivity contribution in [3.05, 3.63) is 150 Å². The Bertz CT molecular complexity index is 3120. The summed E-state index contributed by atoms with van der Waals surface area (Å²) in [5.41, 5.74) is 5.14. The fourth-order valence-corrected chi connectivity index (χ4v) is 7.47. The molecule has 0 amide bonds. The minimum absolute atomic E-state index is 0.0114. The minimum atomic E-state index is -3.81. The number of carbonyl (C=O) groups is 2. The summed E-state index contributed by atoms with van der Waals surface area (Å²) in [7, 11) is -0.0337. The fraction of sp³-hybridized carbons (Fsp3) is 0.283. The van der Waals surface area contributed by atoms with Crippen molar-refractivity contribution in [3.63, 3.8) is 0 Å². The maximum Gasteiger partial charge on any atom is 0.421 e. The van der Waals surface area contributed by atoms with E-state index >= 15 is 0 Å². The Morgan fingerprint density at radius 1 is 0.632 bits per heavy atom. The number of carbonyl (C=O) groups excluding carboxylic acids is 2. The lowest BCUT2D eigenvalue weighted by Crippen LogP contribution is -2.27. The first-order valence-electron chi connectivity index (χ1n) is 21.8. The first-order valence-corrected chi connectivity index (χ1v) is 23.3. The highest BCUT2D eigenvalue weighted by Gasteiger charge is 2.24. The van der Waals surface area contributed by atoms with Crippen LogP contribution in [-0.2, 0) is 23.8 Å². The molecule has 0 radical (unpaired) electrons. The SMILES string of the molecule is CN(CCO)c1ccc(C#Cc2cc3cccnc3n2C(=O)OC(C)(C)C)cc1.Cc1ccc(S(=O)(=O)OCCN(C)c2ccc(C#Cc3cc4cccnc4n3C(=O)OC(C)(C)C)cc2)cc1. The van der Waals surface area contributed by atoms with E-state index in [9.17, 15) is 18.0 Å². The lowest BCUT2D eigenvalue weighted by atomic mass is 10.2. The second kappa shape index (κ2) is 21.5. The molecule has 0 saturated heterocycles. The number of anilines is 2. The summed E-state index contributed by atoms with van der Waals surface area (Å²) < 4.78 is 43.9. The van der Waals surface area contributed by atoms with E-state index < -0.39 is 33.5 Å². The van der Waals surface area contributed by atoms with E-state index in [2.05, 4.69) is 33.6 Å². The predicted octanol–water partition coefficient (Wildman–Crippen LogP) is 9.02. The molecule has 352 valence electrons. The van der Waals surface area contributed by atoms with Crippen LogP contribution in [0.4, 0.5) is 21.0 Å². The summed E-state index contributed by atoms with van der Waals surface area (Å²) in [5, 5.41) is 10.7. The Balaban J connectivity index is 0.000000234. The molecule has 4 heterocycles. The molecule has 1 N–H and O–H groups in total. The van der Waals surface area contributed by atoms with Crippen LogP contribution in [0.3, 0.4) is 0 Å². The van der Waals surface area contributed by atoms with Gasteiger partial charge in [0.15, 0.2) is 11.3 Å². The molecule has 0 spiro atoms. The number of hydrogen-bond acceptors (Lipinski definition) is 12. The Morgan fingerprint density at radius 2 is 1.06 bits per heavy atom. The van der Waals surface area contributed by atoms with Crippen LogP contribution in [0.1, 0.15) is 69.6 Å². The summed E-state index contributed by atoms with van der Waals surface area (Å²) in [6.07, 6.45) is 2.22. The van der Waals surface area contributed by atoms with Crippen molar-refractivity contribution in [2.24, 2.45) is 0 Å². The standard InChI is InChI=1S/C30H31N3O5S.C23H25N3O3/c1-22-8-16-27(17-9-22)39(35,36)37-20-19-32(5)25-13-10-23(11-14-25)12-15-26-21-24-7-6-18-31-28(24)33(26)29(34)38-30(2,3)4;1-23(2,3)29-22(28)26-20(16-18-6-5-13-24-21(18)26)12-9-17-7-10-19(11-8-17)25(4)14-15-27/h6-11,13-14,16-18,21H,19-20H2,1-5H3;5-8,10-11,13,16,27H,14-15H2,1-4H3. The normalized spacial score (nSPS) is 11.4. The van der Waals surface area contributed by atoms with Gasteiger partial charge < -0.3 is 24.4 Å². The maximum atomic E-state index is 12.9. The molecule has 0 aliphatic rings. The zero-order valence-corrected chi connectivity index (χ0v) is 40.6. The fourth-order valence-electron chi connectivity index (χ4n) is 6.57. The number of aryl methyl sites for hydroxylation is 1. The summed E-state index contributed by atoms with van der Waals surface area (Å²) in [6, 6.07) is 32.8. The van der Waals surface area contributed by atoms with E-state index in [-0.39, 0.29) is 18.1 Å². The third-order valence-electron chi connectivity index (χ3n) is 9.97. The van der Waals surface area contributed by atoms with Gasteiger partial charge in [-0.25, -0.2) is 28.7 Å². The summed E-state index contributed by atoms with van der Waals surface area (Å²) in [5.74, 6) is 12.4. The summed E-state index contributed by atoms with van der Waals surface area (Å²) in [4.78, 5) is 38.3. The van der Waals surface area contributed by atoms with Crippen LogP contribution >= 0.6 is 0 Å². The molecule has 14 nitrogen and oxygen atoms in total.